The summed E-state index contributed by atoms with van der Waals surface area (Å²) in [6.45, 7) is 15.6. The van der Waals surface area contributed by atoms with E-state index < -0.39 is 0 Å². The van der Waals surface area contributed by atoms with Gasteiger partial charge in [-0.05, 0) is 35.3 Å². The number of carbonyl (C=O) groups is 1. The van der Waals surface area contributed by atoms with Crippen LogP contribution >= 0.6 is 0 Å². The summed E-state index contributed by atoms with van der Waals surface area (Å²) in [5.74, 6) is -0.135. The van der Waals surface area contributed by atoms with E-state index in [1.807, 2.05) is 6.92 Å². The summed E-state index contributed by atoms with van der Waals surface area (Å²) in [4.78, 5) is 11.8. The molecule has 0 aromatic carbocycles. The number of allylic oxidation sites excluding steroid dienone is 5. The summed E-state index contributed by atoms with van der Waals surface area (Å²) in [5, 5.41) is 0. The molecule has 21 heavy (non-hydrogen) atoms. The van der Waals surface area contributed by atoms with Crippen molar-refractivity contribution >= 4 is 5.97 Å². The molecule has 0 aromatic heterocycles. The molecule has 0 aliphatic heterocycles. The summed E-state index contributed by atoms with van der Waals surface area (Å²) in [6, 6.07) is 0. The standard InChI is InChI=1S/C19H30O2/c1-8-21-17(20)12-14-9-10-15(18(2,3)4)13-16(11-14)19(5,6)7/h10-11,13H,8-9,12H2,1-7H3. The second kappa shape index (κ2) is 6.64. The molecule has 2 nitrogen and oxygen atoms in total. The van der Waals surface area contributed by atoms with Crippen LogP contribution in [0.2, 0.25) is 0 Å². The number of rotatable bonds is 3. The second-order valence-electron chi connectivity index (χ2n) is 7.75. The Kier molecular flexibility index (Phi) is 5.61. The van der Waals surface area contributed by atoms with Gasteiger partial charge in [0, 0.05) is 0 Å². The smallest absolute Gasteiger partial charge is 0.309 e. The van der Waals surface area contributed by atoms with Crippen molar-refractivity contribution in [3.8, 4) is 0 Å². The Morgan fingerprint density at radius 1 is 1.05 bits per heavy atom. The zero-order chi connectivity index (χ0) is 16.3. The first kappa shape index (κ1) is 17.7. The molecule has 0 heterocycles. The van der Waals surface area contributed by atoms with Crippen molar-refractivity contribution in [2.24, 2.45) is 10.8 Å². The minimum Gasteiger partial charge on any atom is -0.466 e. The lowest BCUT2D eigenvalue weighted by Crippen LogP contribution is -2.12. The molecule has 0 atom stereocenters. The van der Waals surface area contributed by atoms with E-state index in [4.69, 9.17) is 4.74 Å². The van der Waals surface area contributed by atoms with E-state index in [1.165, 1.54) is 11.1 Å². The highest BCUT2D eigenvalue weighted by atomic mass is 16.5. The molecule has 0 radical (unpaired) electrons. The third kappa shape index (κ3) is 5.53. The minimum absolute atomic E-state index is 0.0641. The van der Waals surface area contributed by atoms with Crippen LogP contribution in [0.25, 0.3) is 0 Å². The maximum Gasteiger partial charge on any atom is 0.309 e. The first-order valence-corrected chi connectivity index (χ1v) is 7.82. The van der Waals surface area contributed by atoms with Crippen molar-refractivity contribution in [3.63, 3.8) is 0 Å². The van der Waals surface area contributed by atoms with E-state index in [9.17, 15) is 4.79 Å². The first-order valence-electron chi connectivity index (χ1n) is 7.82. The molecular weight excluding hydrogens is 260 g/mol. The summed E-state index contributed by atoms with van der Waals surface area (Å²) >= 11 is 0. The molecule has 0 amide bonds. The Bertz CT molecular complexity index is 477. The normalized spacial score (nSPS) is 16.6. The molecule has 0 N–H and O–H groups in total. The SMILES string of the molecule is CCOC(=O)CC1=CC(C(C)(C)C)=CC(C(C)(C)C)=CC1. The minimum atomic E-state index is -0.135. The monoisotopic (exact) mass is 290 g/mol. The molecule has 0 spiro atoms. The van der Waals surface area contributed by atoms with Crippen LogP contribution in [0.15, 0.2) is 34.9 Å². The van der Waals surface area contributed by atoms with Crippen molar-refractivity contribution in [1.29, 1.82) is 0 Å². The second-order valence-corrected chi connectivity index (χ2v) is 7.75. The van der Waals surface area contributed by atoms with Crippen molar-refractivity contribution < 1.29 is 9.53 Å². The Morgan fingerprint density at radius 2 is 1.62 bits per heavy atom. The predicted molar refractivity (Wildman–Crippen MR) is 89.0 cm³/mol. The van der Waals surface area contributed by atoms with Crippen LogP contribution in [-0.2, 0) is 9.53 Å². The molecule has 118 valence electrons. The lowest BCUT2D eigenvalue weighted by molar-refractivity contribution is -0.142. The number of hydrogen-bond acceptors (Lipinski definition) is 2. The number of carbonyl (C=O) groups excluding carboxylic acids is 1. The molecule has 0 fully saturated rings. The van der Waals surface area contributed by atoms with Gasteiger partial charge in [-0.2, -0.15) is 0 Å². The highest BCUT2D eigenvalue weighted by molar-refractivity contribution is 5.73. The average molecular weight is 290 g/mol. The number of esters is 1. The van der Waals surface area contributed by atoms with E-state index in [0.29, 0.717) is 13.0 Å². The van der Waals surface area contributed by atoms with Gasteiger partial charge in [-0.3, -0.25) is 4.79 Å². The fourth-order valence-corrected chi connectivity index (χ4v) is 2.26. The van der Waals surface area contributed by atoms with E-state index in [-0.39, 0.29) is 16.8 Å². The topological polar surface area (TPSA) is 26.3 Å². The molecule has 1 aliphatic carbocycles. The van der Waals surface area contributed by atoms with Crippen LogP contribution in [0.4, 0.5) is 0 Å². The quantitative estimate of drug-likeness (QED) is 0.666. The van der Waals surface area contributed by atoms with Crippen molar-refractivity contribution in [2.45, 2.75) is 61.3 Å². The Hall–Kier alpha value is -1.31. The lowest BCUT2D eigenvalue weighted by atomic mass is 9.80. The van der Waals surface area contributed by atoms with Gasteiger partial charge < -0.3 is 4.74 Å². The Labute approximate surface area is 130 Å². The summed E-state index contributed by atoms with van der Waals surface area (Å²) in [5.41, 5.74) is 3.93. The van der Waals surface area contributed by atoms with E-state index in [2.05, 4.69) is 59.8 Å². The molecule has 0 bridgehead atoms. The molecule has 1 aliphatic rings. The molecule has 0 saturated heterocycles. The summed E-state index contributed by atoms with van der Waals surface area (Å²) in [6.07, 6.45) is 7.94. The predicted octanol–water partition coefficient (Wildman–Crippen LogP) is 5.21. The average Bonchev–Trinajstić information content (AvgIpc) is 2.50. The van der Waals surface area contributed by atoms with Gasteiger partial charge in [-0.25, -0.2) is 0 Å². The van der Waals surface area contributed by atoms with Crippen molar-refractivity contribution in [2.75, 3.05) is 6.61 Å². The zero-order valence-electron chi connectivity index (χ0n) is 14.7. The Balaban J connectivity index is 3.11. The molecule has 0 saturated carbocycles. The van der Waals surface area contributed by atoms with Crippen LogP contribution < -0.4 is 0 Å². The lowest BCUT2D eigenvalue weighted by Gasteiger charge is -2.25. The van der Waals surface area contributed by atoms with E-state index in [1.54, 1.807) is 0 Å². The third-order valence-corrected chi connectivity index (χ3v) is 3.66. The van der Waals surface area contributed by atoms with Gasteiger partial charge in [0.15, 0.2) is 0 Å². The summed E-state index contributed by atoms with van der Waals surface area (Å²) < 4.78 is 5.08. The van der Waals surface area contributed by atoms with Gasteiger partial charge >= 0.3 is 5.97 Å². The first-order chi connectivity index (χ1) is 9.54. The highest BCUT2D eigenvalue weighted by Gasteiger charge is 2.23. The van der Waals surface area contributed by atoms with Crippen LogP contribution in [0.1, 0.15) is 61.3 Å². The van der Waals surface area contributed by atoms with E-state index in [0.717, 1.165) is 12.0 Å². The molecule has 0 aromatic rings. The van der Waals surface area contributed by atoms with E-state index >= 15 is 0 Å². The van der Waals surface area contributed by atoms with Gasteiger partial charge in [0.2, 0.25) is 0 Å². The van der Waals surface area contributed by atoms with Crippen molar-refractivity contribution in [1.82, 2.24) is 0 Å². The van der Waals surface area contributed by atoms with Gasteiger partial charge in [0.1, 0.15) is 0 Å². The maximum absolute atomic E-state index is 11.8. The largest absolute Gasteiger partial charge is 0.466 e. The summed E-state index contributed by atoms with van der Waals surface area (Å²) in [7, 11) is 0. The molecular formula is C19H30O2. The fourth-order valence-electron chi connectivity index (χ4n) is 2.26. The zero-order valence-corrected chi connectivity index (χ0v) is 14.7. The maximum atomic E-state index is 11.8. The van der Waals surface area contributed by atoms with Crippen molar-refractivity contribution in [3.05, 3.63) is 34.9 Å². The third-order valence-electron chi connectivity index (χ3n) is 3.66. The molecule has 0 unspecified atom stereocenters. The van der Waals surface area contributed by atoms with Gasteiger partial charge in [0.05, 0.1) is 13.0 Å². The van der Waals surface area contributed by atoms with Crippen LogP contribution in [-0.4, -0.2) is 12.6 Å². The molecule has 2 heteroatoms. The number of hydrogen-bond donors (Lipinski definition) is 0. The van der Waals surface area contributed by atoms with Gasteiger partial charge in [0.25, 0.3) is 0 Å². The number of ether oxygens (including phenoxy) is 1. The molecule has 1 rings (SSSR count). The van der Waals surface area contributed by atoms with Crippen LogP contribution in [0, 0.1) is 10.8 Å². The fraction of sp³-hybridized carbons (Fsp3) is 0.632. The van der Waals surface area contributed by atoms with Crippen LogP contribution in [0.3, 0.4) is 0 Å². The van der Waals surface area contributed by atoms with Gasteiger partial charge in [-0.15, -0.1) is 0 Å². The van der Waals surface area contributed by atoms with Gasteiger partial charge in [-0.1, -0.05) is 65.3 Å². The highest BCUT2D eigenvalue weighted by Crippen LogP contribution is 2.36. The van der Waals surface area contributed by atoms with Crippen LogP contribution in [0.5, 0.6) is 0 Å². The Morgan fingerprint density at radius 3 is 2.10 bits per heavy atom.